The predicted octanol–water partition coefficient (Wildman–Crippen LogP) is 12.2. The summed E-state index contributed by atoms with van der Waals surface area (Å²) in [6.07, 6.45) is 0. The summed E-state index contributed by atoms with van der Waals surface area (Å²) < 4.78 is 5.09. The minimum Gasteiger partial charge on any atom is -0.309 e. The van der Waals surface area contributed by atoms with Crippen molar-refractivity contribution in [1.82, 2.24) is 14.5 Å². The third-order valence-corrected chi connectivity index (χ3v) is 11.9. The van der Waals surface area contributed by atoms with Gasteiger partial charge in [0.05, 0.1) is 27.9 Å². The molecule has 0 saturated carbocycles. The highest BCUT2D eigenvalue weighted by Gasteiger charge is 2.35. The molecule has 11 rings (SSSR count). The summed E-state index contributed by atoms with van der Waals surface area (Å²) in [5.41, 5.74) is 10.2. The number of thiophene rings is 1. The first-order valence-corrected chi connectivity index (χ1v) is 17.7. The van der Waals surface area contributed by atoms with Crippen LogP contribution in [0.15, 0.2) is 140 Å². The van der Waals surface area contributed by atoms with Crippen molar-refractivity contribution in [2.75, 3.05) is 0 Å². The second-order valence-corrected chi connectivity index (χ2v) is 14.9. The van der Waals surface area contributed by atoms with Gasteiger partial charge in [0.15, 0.2) is 5.82 Å². The van der Waals surface area contributed by atoms with Crippen molar-refractivity contribution in [2.45, 2.75) is 19.3 Å². The van der Waals surface area contributed by atoms with Gasteiger partial charge in [-0.2, -0.15) is 0 Å². The molecule has 0 fully saturated rings. The van der Waals surface area contributed by atoms with E-state index in [0.717, 1.165) is 33.5 Å². The zero-order valence-electron chi connectivity index (χ0n) is 27.0. The van der Waals surface area contributed by atoms with Crippen LogP contribution in [0.3, 0.4) is 0 Å². The van der Waals surface area contributed by atoms with Crippen LogP contribution in [0.2, 0.25) is 0 Å². The van der Waals surface area contributed by atoms with Gasteiger partial charge in [0, 0.05) is 52.9 Å². The fourth-order valence-corrected chi connectivity index (χ4v) is 9.49. The Balaban J connectivity index is 1.15. The van der Waals surface area contributed by atoms with Crippen LogP contribution in [0.4, 0.5) is 0 Å². The summed E-state index contributed by atoms with van der Waals surface area (Å²) in [7, 11) is 0. The first kappa shape index (κ1) is 27.1. The zero-order chi connectivity index (χ0) is 32.4. The summed E-state index contributed by atoms with van der Waals surface area (Å²) in [5, 5.41) is 8.82. The second-order valence-electron chi connectivity index (χ2n) is 13.8. The highest BCUT2D eigenvalue weighted by molar-refractivity contribution is 7.25. The molecule has 3 nitrogen and oxygen atoms in total. The van der Waals surface area contributed by atoms with Gasteiger partial charge < -0.3 is 4.57 Å². The first-order valence-electron chi connectivity index (χ1n) is 16.8. The highest BCUT2D eigenvalue weighted by Crippen LogP contribution is 2.49. The number of nitrogens with zero attached hydrogens (tertiary/aromatic N) is 3. The molecule has 0 bridgehead atoms. The van der Waals surface area contributed by atoms with Crippen LogP contribution in [0, 0.1) is 0 Å². The van der Waals surface area contributed by atoms with Crippen molar-refractivity contribution in [3.8, 4) is 28.3 Å². The number of rotatable bonds is 2. The van der Waals surface area contributed by atoms with Crippen LogP contribution in [0.1, 0.15) is 25.0 Å². The molecule has 4 heterocycles. The lowest BCUT2D eigenvalue weighted by atomic mass is 9.74. The van der Waals surface area contributed by atoms with E-state index in [1.807, 2.05) is 11.3 Å². The minimum atomic E-state index is -0.226. The molecule has 230 valence electrons. The third kappa shape index (κ3) is 3.67. The van der Waals surface area contributed by atoms with E-state index < -0.39 is 0 Å². The Hall–Kier alpha value is -5.84. The fraction of sp³-hybridized carbons (Fsp3) is 0.0667. The van der Waals surface area contributed by atoms with Gasteiger partial charge in [-0.15, -0.1) is 11.3 Å². The van der Waals surface area contributed by atoms with Crippen molar-refractivity contribution in [1.29, 1.82) is 0 Å². The SMILES string of the molecule is CC1(C)c2cc(-c3nc(-c4ccc5sc6ccccc6c5c4)c4ccccc4n3)ccc2-n2c3ccc4ccccc4c3c3cccc1c32. The molecule has 1 aliphatic heterocycles. The van der Waals surface area contributed by atoms with Crippen LogP contribution in [0.5, 0.6) is 0 Å². The smallest absolute Gasteiger partial charge is 0.160 e. The quantitative estimate of drug-likeness (QED) is 0.188. The number of para-hydroxylation sites is 2. The summed E-state index contributed by atoms with van der Waals surface area (Å²) in [6, 6.07) is 50.8. The van der Waals surface area contributed by atoms with Gasteiger partial charge in [-0.25, -0.2) is 9.97 Å². The third-order valence-electron chi connectivity index (χ3n) is 10.8. The maximum atomic E-state index is 5.35. The standard InChI is InChI=1S/C45H29N3S/c1-45(2)34-15-9-14-32-41-29-11-4-3-10-26(29)18-22-38(41)48(43(32)34)37-21-19-28(25-35(37)45)44-46-36-16-7-5-13-31(36)42(47-44)27-20-23-40-33(24-27)30-12-6-8-17-39(30)49-40/h3-25H,1-2H3. The van der Waals surface area contributed by atoms with Gasteiger partial charge in [-0.1, -0.05) is 105 Å². The zero-order valence-corrected chi connectivity index (χ0v) is 27.8. The number of fused-ring (bicyclic) bond motifs is 11. The van der Waals surface area contributed by atoms with Gasteiger partial charge in [-0.05, 0) is 70.4 Å². The van der Waals surface area contributed by atoms with Crippen molar-refractivity contribution >= 4 is 75.0 Å². The molecule has 0 radical (unpaired) electrons. The molecule has 0 N–H and O–H groups in total. The van der Waals surface area contributed by atoms with E-state index in [4.69, 9.17) is 9.97 Å². The monoisotopic (exact) mass is 643 g/mol. The van der Waals surface area contributed by atoms with Gasteiger partial charge in [-0.3, -0.25) is 0 Å². The maximum Gasteiger partial charge on any atom is 0.160 e. The summed E-state index contributed by atoms with van der Waals surface area (Å²) >= 11 is 1.84. The first-order chi connectivity index (χ1) is 24.0. The number of hydrogen-bond donors (Lipinski definition) is 0. The van der Waals surface area contributed by atoms with E-state index in [-0.39, 0.29) is 5.41 Å². The van der Waals surface area contributed by atoms with Crippen molar-refractivity contribution in [3.63, 3.8) is 0 Å². The highest BCUT2D eigenvalue weighted by atomic mass is 32.1. The van der Waals surface area contributed by atoms with Gasteiger partial charge >= 0.3 is 0 Å². The Kier molecular flexibility index (Phi) is 5.33. The molecule has 0 amide bonds. The van der Waals surface area contributed by atoms with Crippen LogP contribution < -0.4 is 0 Å². The largest absolute Gasteiger partial charge is 0.309 e. The summed E-state index contributed by atoms with van der Waals surface area (Å²) in [4.78, 5) is 10.5. The number of aromatic nitrogens is 3. The average Bonchev–Trinajstić information content (AvgIpc) is 3.69. The molecule has 3 aromatic heterocycles. The van der Waals surface area contributed by atoms with Crippen LogP contribution in [0.25, 0.3) is 92.0 Å². The van der Waals surface area contributed by atoms with Crippen LogP contribution >= 0.6 is 11.3 Å². The molecule has 0 aliphatic carbocycles. The molecule has 0 spiro atoms. The van der Waals surface area contributed by atoms with Crippen LogP contribution in [-0.4, -0.2) is 14.5 Å². The Morgan fingerprint density at radius 1 is 0.551 bits per heavy atom. The number of hydrogen-bond acceptors (Lipinski definition) is 3. The normalized spacial score (nSPS) is 13.7. The minimum absolute atomic E-state index is 0.226. The molecule has 0 unspecified atom stereocenters. The van der Waals surface area contributed by atoms with Gasteiger partial charge in [0.25, 0.3) is 0 Å². The maximum absolute atomic E-state index is 5.35. The molecule has 49 heavy (non-hydrogen) atoms. The molecular weight excluding hydrogens is 615 g/mol. The van der Waals surface area contributed by atoms with E-state index in [9.17, 15) is 0 Å². The molecule has 7 aromatic carbocycles. The van der Waals surface area contributed by atoms with E-state index in [0.29, 0.717) is 0 Å². The molecule has 0 saturated heterocycles. The van der Waals surface area contributed by atoms with E-state index in [1.165, 1.54) is 69.6 Å². The lowest BCUT2D eigenvalue weighted by molar-refractivity contribution is 0.630. The average molecular weight is 644 g/mol. The van der Waals surface area contributed by atoms with Crippen LogP contribution in [-0.2, 0) is 5.41 Å². The fourth-order valence-electron chi connectivity index (χ4n) is 8.41. The van der Waals surface area contributed by atoms with E-state index >= 15 is 0 Å². The molecule has 1 aliphatic rings. The Morgan fingerprint density at radius 2 is 1.31 bits per heavy atom. The molecule has 4 heteroatoms. The van der Waals surface area contributed by atoms with Gasteiger partial charge in [0.2, 0.25) is 0 Å². The van der Waals surface area contributed by atoms with Crippen molar-refractivity contribution in [3.05, 3.63) is 151 Å². The van der Waals surface area contributed by atoms with E-state index in [1.54, 1.807) is 0 Å². The van der Waals surface area contributed by atoms with Crippen molar-refractivity contribution in [2.24, 2.45) is 0 Å². The summed E-state index contributed by atoms with van der Waals surface area (Å²) in [6.45, 7) is 4.72. The van der Waals surface area contributed by atoms with E-state index in [2.05, 4.69) is 158 Å². The second kappa shape index (κ2) is 9.62. The topological polar surface area (TPSA) is 30.7 Å². The van der Waals surface area contributed by atoms with Crippen molar-refractivity contribution < 1.29 is 0 Å². The lowest BCUT2D eigenvalue weighted by Crippen LogP contribution is -2.26. The Morgan fingerprint density at radius 3 is 2.22 bits per heavy atom. The van der Waals surface area contributed by atoms with Gasteiger partial charge in [0.1, 0.15) is 0 Å². The molecular formula is C45H29N3S. The summed E-state index contributed by atoms with van der Waals surface area (Å²) in [5.74, 6) is 0.745. The predicted molar refractivity (Wildman–Crippen MR) is 207 cm³/mol. The Bertz CT molecular complexity index is 3030. The molecule has 0 atom stereocenters. The Labute approximate surface area is 286 Å². The molecule has 10 aromatic rings. The lowest BCUT2D eigenvalue weighted by Gasteiger charge is -2.35. The number of benzene rings is 7.